The van der Waals surface area contributed by atoms with Crippen LogP contribution in [0.1, 0.15) is 41.4 Å². The largest absolute Gasteiger partial charge is 0.465 e. The van der Waals surface area contributed by atoms with Crippen molar-refractivity contribution in [3.63, 3.8) is 0 Å². The molecule has 0 spiro atoms. The first-order chi connectivity index (χ1) is 9.65. The molecule has 2 heterocycles. The molecule has 2 rings (SSSR count). The molecule has 110 valence electrons. The highest BCUT2D eigenvalue weighted by molar-refractivity contribution is 7.16. The van der Waals surface area contributed by atoms with Crippen LogP contribution in [0.2, 0.25) is 0 Å². The van der Waals surface area contributed by atoms with E-state index < -0.39 is 12.1 Å². The van der Waals surface area contributed by atoms with Gasteiger partial charge in [0, 0.05) is 11.5 Å². The molecule has 0 bridgehead atoms. The predicted octanol–water partition coefficient (Wildman–Crippen LogP) is 2.60. The normalized spacial score (nSPS) is 18.0. The molecule has 6 heteroatoms. The number of thiophene rings is 1. The Balaban J connectivity index is 2.15. The Morgan fingerprint density at radius 3 is 2.95 bits per heavy atom. The number of esters is 1. The molecule has 1 atom stereocenters. The number of carbonyl (C=O) groups excluding carboxylic acids is 2. The molecule has 0 unspecified atom stereocenters. The minimum absolute atomic E-state index is 0.183. The second kappa shape index (κ2) is 6.85. The number of hydrogen-bond donors (Lipinski definition) is 1. The van der Waals surface area contributed by atoms with Crippen LogP contribution in [0, 0.1) is 0 Å². The van der Waals surface area contributed by atoms with Crippen molar-refractivity contribution in [3.8, 4) is 0 Å². The minimum atomic E-state index is -0.425. The maximum absolute atomic E-state index is 12.1. The van der Waals surface area contributed by atoms with Gasteiger partial charge in [-0.25, -0.2) is 4.79 Å². The van der Waals surface area contributed by atoms with Gasteiger partial charge < -0.3 is 14.8 Å². The molecule has 1 aromatic heterocycles. The molecule has 1 N–H and O–H groups in total. The van der Waals surface area contributed by atoms with Gasteiger partial charge in [0.1, 0.15) is 11.1 Å². The summed E-state index contributed by atoms with van der Waals surface area (Å²) in [5.41, 5.74) is 0.423. The highest BCUT2D eigenvalue weighted by atomic mass is 32.1. The third-order valence-corrected chi connectivity index (χ3v) is 4.25. The third kappa shape index (κ3) is 3.37. The first-order valence-corrected chi connectivity index (χ1v) is 7.60. The van der Waals surface area contributed by atoms with E-state index in [1.807, 2.05) is 0 Å². The van der Waals surface area contributed by atoms with Crippen LogP contribution in [0.25, 0.3) is 0 Å². The average molecular weight is 297 g/mol. The van der Waals surface area contributed by atoms with Gasteiger partial charge in [0.25, 0.3) is 5.91 Å². The van der Waals surface area contributed by atoms with Gasteiger partial charge in [0.2, 0.25) is 0 Å². The summed E-state index contributed by atoms with van der Waals surface area (Å²) in [4.78, 5) is 24.9. The molecule has 0 aromatic carbocycles. The van der Waals surface area contributed by atoms with Crippen molar-refractivity contribution < 1.29 is 19.1 Å². The highest BCUT2D eigenvalue weighted by Crippen LogP contribution is 2.30. The summed E-state index contributed by atoms with van der Waals surface area (Å²) in [6.07, 6.45) is 3.09. The van der Waals surface area contributed by atoms with Gasteiger partial charge in [-0.15, -0.1) is 11.3 Å². The molecule has 1 amide bonds. The molecular formula is C14H19NO4S. The molecule has 1 aromatic rings. The van der Waals surface area contributed by atoms with E-state index in [2.05, 4.69) is 12.2 Å². The van der Waals surface area contributed by atoms with Crippen molar-refractivity contribution in [1.82, 2.24) is 0 Å². The molecule has 0 aliphatic carbocycles. The van der Waals surface area contributed by atoms with Crippen LogP contribution in [0.5, 0.6) is 0 Å². The first kappa shape index (κ1) is 15.0. The molecular weight excluding hydrogens is 278 g/mol. The molecule has 1 saturated heterocycles. The fourth-order valence-corrected chi connectivity index (χ4v) is 3.29. The summed E-state index contributed by atoms with van der Waals surface area (Å²) in [5, 5.41) is 3.36. The van der Waals surface area contributed by atoms with Gasteiger partial charge in [0.15, 0.2) is 0 Å². The second-order valence-corrected chi connectivity index (χ2v) is 5.82. The number of carbonyl (C=O) groups is 2. The molecule has 20 heavy (non-hydrogen) atoms. The lowest BCUT2D eigenvalue weighted by Crippen LogP contribution is -2.27. The van der Waals surface area contributed by atoms with Crippen LogP contribution < -0.4 is 5.32 Å². The van der Waals surface area contributed by atoms with E-state index in [9.17, 15) is 9.59 Å². The topological polar surface area (TPSA) is 64.6 Å². The molecule has 0 radical (unpaired) electrons. The predicted molar refractivity (Wildman–Crippen MR) is 77.3 cm³/mol. The Hall–Kier alpha value is -1.40. The summed E-state index contributed by atoms with van der Waals surface area (Å²) in [6.45, 7) is 2.69. The molecule has 5 nitrogen and oxygen atoms in total. The average Bonchev–Trinajstić information content (AvgIpc) is 3.08. The Bertz CT molecular complexity index is 491. The number of methoxy groups -OCH3 is 1. The maximum atomic E-state index is 12.1. The maximum Gasteiger partial charge on any atom is 0.340 e. The molecule has 1 fully saturated rings. The number of aryl methyl sites for hydroxylation is 1. The smallest absolute Gasteiger partial charge is 0.340 e. The second-order valence-electron chi connectivity index (χ2n) is 4.69. The van der Waals surface area contributed by atoms with Gasteiger partial charge in [-0.3, -0.25) is 4.79 Å². The zero-order valence-electron chi connectivity index (χ0n) is 11.7. The van der Waals surface area contributed by atoms with Crippen molar-refractivity contribution in [1.29, 1.82) is 0 Å². The molecule has 0 saturated carbocycles. The van der Waals surface area contributed by atoms with Crippen LogP contribution in [0.3, 0.4) is 0 Å². The van der Waals surface area contributed by atoms with Gasteiger partial charge in [-0.1, -0.05) is 13.3 Å². The number of amides is 1. The zero-order valence-corrected chi connectivity index (χ0v) is 12.5. The lowest BCUT2D eigenvalue weighted by Gasteiger charge is -2.09. The molecule has 1 aliphatic heterocycles. The van der Waals surface area contributed by atoms with E-state index in [0.29, 0.717) is 17.2 Å². The Labute approximate surface area is 122 Å². The Morgan fingerprint density at radius 1 is 1.55 bits per heavy atom. The van der Waals surface area contributed by atoms with Gasteiger partial charge in [-0.2, -0.15) is 0 Å². The van der Waals surface area contributed by atoms with E-state index in [4.69, 9.17) is 9.47 Å². The van der Waals surface area contributed by atoms with Crippen LogP contribution in [-0.2, 0) is 20.7 Å². The van der Waals surface area contributed by atoms with E-state index >= 15 is 0 Å². The van der Waals surface area contributed by atoms with Crippen molar-refractivity contribution in [2.45, 2.75) is 38.7 Å². The number of hydrogen-bond acceptors (Lipinski definition) is 5. The zero-order chi connectivity index (χ0) is 14.5. The standard InChI is InChI=1S/C14H19NO4S/c1-3-5-9-8-10(14(17)18-2)13(20-9)15-12(16)11-6-4-7-19-11/h8,11H,3-7H2,1-2H3,(H,15,16)/t11-/m1/s1. The minimum Gasteiger partial charge on any atom is -0.465 e. The summed E-state index contributed by atoms with van der Waals surface area (Å²) in [5.74, 6) is -0.608. The Kier molecular flexibility index (Phi) is 5.14. The summed E-state index contributed by atoms with van der Waals surface area (Å²) < 4.78 is 10.1. The first-order valence-electron chi connectivity index (χ1n) is 6.79. The number of rotatable bonds is 5. The number of anilines is 1. The van der Waals surface area contributed by atoms with E-state index in [0.717, 1.165) is 30.6 Å². The fraction of sp³-hybridized carbons (Fsp3) is 0.571. The highest BCUT2D eigenvalue weighted by Gasteiger charge is 2.26. The van der Waals surface area contributed by atoms with Crippen molar-refractivity contribution in [2.75, 3.05) is 19.0 Å². The van der Waals surface area contributed by atoms with Crippen LogP contribution >= 0.6 is 11.3 Å². The van der Waals surface area contributed by atoms with Crippen LogP contribution in [0.4, 0.5) is 5.00 Å². The fourth-order valence-electron chi connectivity index (χ4n) is 2.14. The SMILES string of the molecule is CCCc1cc(C(=O)OC)c(NC(=O)[C@H]2CCCO2)s1. The third-order valence-electron chi connectivity index (χ3n) is 3.14. The molecule has 1 aliphatic rings. The summed E-state index contributed by atoms with van der Waals surface area (Å²) in [7, 11) is 1.34. The van der Waals surface area contributed by atoms with Crippen LogP contribution in [0.15, 0.2) is 6.07 Å². The van der Waals surface area contributed by atoms with E-state index in [1.165, 1.54) is 18.4 Å². The lowest BCUT2D eigenvalue weighted by atomic mass is 10.2. The monoisotopic (exact) mass is 297 g/mol. The number of nitrogens with one attached hydrogen (secondary N) is 1. The lowest BCUT2D eigenvalue weighted by molar-refractivity contribution is -0.124. The van der Waals surface area contributed by atoms with Crippen molar-refractivity contribution in [2.24, 2.45) is 0 Å². The van der Waals surface area contributed by atoms with Crippen molar-refractivity contribution >= 4 is 28.2 Å². The van der Waals surface area contributed by atoms with E-state index in [-0.39, 0.29) is 5.91 Å². The van der Waals surface area contributed by atoms with Crippen molar-refractivity contribution in [3.05, 3.63) is 16.5 Å². The summed E-state index contributed by atoms with van der Waals surface area (Å²) in [6, 6.07) is 1.80. The summed E-state index contributed by atoms with van der Waals surface area (Å²) >= 11 is 1.43. The number of ether oxygens (including phenoxy) is 2. The van der Waals surface area contributed by atoms with Gasteiger partial charge in [-0.05, 0) is 25.3 Å². The quantitative estimate of drug-likeness (QED) is 0.848. The van der Waals surface area contributed by atoms with Gasteiger partial charge in [0.05, 0.1) is 12.7 Å². The Morgan fingerprint density at radius 2 is 2.35 bits per heavy atom. The van der Waals surface area contributed by atoms with E-state index in [1.54, 1.807) is 6.07 Å². The van der Waals surface area contributed by atoms with Crippen LogP contribution in [-0.4, -0.2) is 31.7 Å². The van der Waals surface area contributed by atoms with Gasteiger partial charge >= 0.3 is 5.97 Å².